The molecule has 0 saturated carbocycles. The first kappa shape index (κ1) is 11.2. The van der Waals surface area contributed by atoms with Crippen molar-refractivity contribution in [1.82, 2.24) is 14.1 Å². The van der Waals surface area contributed by atoms with Gasteiger partial charge in [-0.3, -0.25) is 0 Å². The highest BCUT2D eigenvalue weighted by atomic mass is 32.1. The summed E-state index contributed by atoms with van der Waals surface area (Å²) in [5, 5.41) is 3.41. The van der Waals surface area contributed by atoms with Gasteiger partial charge in [-0.05, 0) is 19.9 Å². The molecule has 0 aromatic carbocycles. The fourth-order valence-electron chi connectivity index (χ4n) is 1.13. The van der Waals surface area contributed by atoms with E-state index in [9.17, 15) is 0 Å². The average Bonchev–Trinajstić information content (AvgIpc) is 2.71. The molecule has 1 atom stereocenters. The second-order valence-corrected chi connectivity index (χ2v) is 3.53. The second-order valence-electron chi connectivity index (χ2n) is 2.97. The Morgan fingerprint density at radius 2 is 2.50 bits per heavy atom. The van der Waals surface area contributed by atoms with Crippen LogP contribution in [0.15, 0.2) is 6.20 Å². The van der Waals surface area contributed by atoms with Gasteiger partial charge in [-0.1, -0.05) is 6.92 Å². The van der Waals surface area contributed by atoms with Gasteiger partial charge in [0.05, 0.1) is 29.7 Å². The third-order valence-electron chi connectivity index (χ3n) is 1.86. The fraction of sp³-hybridized carbons (Fsp3) is 0.600. The van der Waals surface area contributed by atoms with Crippen LogP contribution in [0.5, 0.6) is 0 Å². The maximum Gasteiger partial charge on any atom is 0.0922 e. The van der Waals surface area contributed by atoms with Gasteiger partial charge in [0.2, 0.25) is 0 Å². The molecule has 1 N–H and O–H groups in total. The Morgan fingerprint density at radius 3 is 3.07 bits per heavy atom. The van der Waals surface area contributed by atoms with E-state index in [0.29, 0.717) is 0 Å². The Morgan fingerprint density at radius 1 is 1.64 bits per heavy atom. The first-order chi connectivity index (χ1) is 6.88. The number of hydrogen-bond donors (Lipinski definition) is 1. The van der Waals surface area contributed by atoms with Gasteiger partial charge in [0.25, 0.3) is 0 Å². The fourth-order valence-corrected chi connectivity index (χ4v) is 1.60. The highest BCUT2D eigenvalue weighted by Crippen LogP contribution is 2.13. The zero-order valence-corrected chi connectivity index (χ0v) is 9.40. The third-order valence-corrected chi connectivity index (χ3v) is 2.35. The average molecular weight is 209 g/mol. The molecule has 0 amide bonds. The summed E-state index contributed by atoms with van der Waals surface area (Å²) >= 11 is 1.25. The predicted molar refractivity (Wildman–Crippen MR) is 59.0 cm³/mol. The lowest BCUT2D eigenvalue weighted by atomic mass is 10.1. The maximum atomic E-state index is 4.22. The summed E-state index contributed by atoms with van der Waals surface area (Å²) in [5.41, 5.74) is 1.01. The van der Waals surface area contributed by atoms with Gasteiger partial charge in [-0.2, -0.15) is 8.75 Å². The molecule has 0 bridgehead atoms. The molecule has 76 valence electrons. The van der Waals surface area contributed by atoms with Crippen molar-refractivity contribution in [3.05, 3.63) is 11.9 Å². The smallest absolute Gasteiger partial charge is 0.0922 e. The molecule has 4 heteroatoms. The van der Waals surface area contributed by atoms with Crippen LogP contribution in [-0.4, -0.2) is 15.3 Å². The Labute approximate surface area is 89.3 Å². The van der Waals surface area contributed by atoms with E-state index in [1.807, 2.05) is 13.1 Å². The number of rotatable bonds is 5. The van der Waals surface area contributed by atoms with Gasteiger partial charge in [-0.15, -0.1) is 11.8 Å². The van der Waals surface area contributed by atoms with Crippen molar-refractivity contribution in [3.8, 4) is 11.8 Å². The van der Waals surface area contributed by atoms with Crippen LogP contribution in [0.3, 0.4) is 0 Å². The summed E-state index contributed by atoms with van der Waals surface area (Å²) in [6, 6.07) is 0.237. The van der Waals surface area contributed by atoms with E-state index in [2.05, 4.69) is 32.8 Å². The molecule has 0 aliphatic carbocycles. The lowest BCUT2D eigenvalue weighted by Gasteiger charge is -2.12. The normalized spacial score (nSPS) is 11.9. The minimum atomic E-state index is 0.237. The largest absolute Gasteiger partial charge is 0.308 e. The number of nitrogens with zero attached hydrogens (tertiary/aromatic N) is 2. The van der Waals surface area contributed by atoms with Gasteiger partial charge >= 0.3 is 0 Å². The van der Waals surface area contributed by atoms with Crippen molar-refractivity contribution in [1.29, 1.82) is 0 Å². The van der Waals surface area contributed by atoms with Crippen molar-refractivity contribution < 1.29 is 0 Å². The first-order valence-electron chi connectivity index (χ1n) is 4.79. The van der Waals surface area contributed by atoms with E-state index in [4.69, 9.17) is 0 Å². The molecule has 3 nitrogen and oxygen atoms in total. The molecule has 0 fully saturated rings. The van der Waals surface area contributed by atoms with Crippen LogP contribution in [0.2, 0.25) is 0 Å². The molecule has 0 aliphatic rings. The van der Waals surface area contributed by atoms with Crippen LogP contribution < -0.4 is 5.32 Å². The molecule has 1 rings (SSSR count). The standard InChI is InChI=1S/C10H15N3S/c1-3-5-6-9(11-7-4-2)10-8-12-14-13-10/h8-9,11H,4,6-7H2,1-2H3. The van der Waals surface area contributed by atoms with Gasteiger partial charge in [0.15, 0.2) is 0 Å². The molecule has 0 saturated heterocycles. The minimum absolute atomic E-state index is 0.237. The molecule has 1 heterocycles. The molecular weight excluding hydrogens is 194 g/mol. The molecule has 1 unspecified atom stereocenters. The lowest BCUT2D eigenvalue weighted by molar-refractivity contribution is 0.534. The topological polar surface area (TPSA) is 37.8 Å². The molecule has 1 aromatic rings. The van der Waals surface area contributed by atoms with Crippen LogP contribution in [0.25, 0.3) is 0 Å². The summed E-state index contributed by atoms with van der Waals surface area (Å²) in [6.07, 6.45) is 3.74. The predicted octanol–water partition coefficient (Wildman–Crippen LogP) is 1.99. The van der Waals surface area contributed by atoms with Crippen molar-refractivity contribution >= 4 is 11.7 Å². The zero-order valence-electron chi connectivity index (χ0n) is 8.58. The Kier molecular flexibility index (Phi) is 5.20. The highest BCUT2D eigenvalue weighted by Gasteiger charge is 2.11. The first-order valence-corrected chi connectivity index (χ1v) is 5.52. The lowest BCUT2D eigenvalue weighted by Crippen LogP contribution is -2.21. The Hall–Kier alpha value is -0.920. The van der Waals surface area contributed by atoms with Crippen LogP contribution >= 0.6 is 11.7 Å². The van der Waals surface area contributed by atoms with E-state index >= 15 is 0 Å². The molecule has 1 aromatic heterocycles. The van der Waals surface area contributed by atoms with E-state index in [-0.39, 0.29) is 6.04 Å². The number of hydrogen-bond acceptors (Lipinski definition) is 4. The highest BCUT2D eigenvalue weighted by molar-refractivity contribution is 6.99. The van der Waals surface area contributed by atoms with E-state index in [1.165, 1.54) is 11.7 Å². The SMILES string of the molecule is CC#CCC(NCCC)c1cnsn1. The molecule has 0 aliphatic heterocycles. The van der Waals surface area contributed by atoms with E-state index < -0.39 is 0 Å². The molecular formula is C10H15N3S. The quantitative estimate of drug-likeness (QED) is 0.754. The van der Waals surface area contributed by atoms with Gasteiger partial charge in [0, 0.05) is 6.42 Å². The van der Waals surface area contributed by atoms with Gasteiger partial charge < -0.3 is 5.32 Å². The van der Waals surface area contributed by atoms with E-state index in [1.54, 1.807) is 0 Å². The Balaban J connectivity index is 2.55. The summed E-state index contributed by atoms with van der Waals surface area (Å²) in [7, 11) is 0. The van der Waals surface area contributed by atoms with Crippen molar-refractivity contribution in [2.45, 2.75) is 32.7 Å². The van der Waals surface area contributed by atoms with Crippen LogP contribution in [-0.2, 0) is 0 Å². The molecule has 0 spiro atoms. The summed E-state index contributed by atoms with van der Waals surface area (Å²) < 4.78 is 8.22. The maximum absolute atomic E-state index is 4.22. The summed E-state index contributed by atoms with van der Waals surface area (Å²) in [6.45, 7) is 5.00. The van der Waals surface area contributed by atoms with Crippen LogP contribution in [0.4, 0.5) is 0 Å². The molecule has 14 heavy (non-hydrogen) atoms. The summed E-state index contributed by atoms with van der Waals surface area (Å²) in [4.78, 5) is 0. The summed E-state index contributed by atoms with van der Waals surface area (Å²) in [5.74, 6) is 5.97. The van der Waals surface area contributed by atoms with Crippen LogP contribution in [0, 0.1) is 11.8 Å². The van der Waals surface area contributed by atoms with Crippen LogP contribution in [0.1, 0.15) is 38.4 Å². The number of nitrogens with one attached hydrogen (secondary N) is 1. The minimum Gasteiger partial charge on any atom is -0.308 e. The van der Waals surface area contributed by atoms with Crippen molar-refractivity contribution in [2.75, 3.05) is 6.54 Å². The number of aromatic nitrogens is 2. The van der Waals surface area contributed by atoms with Crippen molar-refractivity contribution in [3.63, 3.8) is 0 Å². The molecule has 0 radical (unpaired) electrons. The Bertz CT molecular complexity index is 297. The zero-order chi connectivity index (χ0) is 10.2. The van der Waals surface area contributed by atoms with Gasteiger partial charge in [0.1, 0.15) is 0 Å². The monoisotopic (exact) mass is 209 g/mol. The third kappa shape index (κ3) is 3.44. The van der Waals surface area contributed by atoms with E-state index in [0.717, 1.165) is 25.1 Å². The van der Waals surface area contributed by atoms with Crippen molar-refractivity contribution in [2.24, 2.45) is 0 Å². The second kappa shape index (κ2) is 6.52. The van der Waals surface area contributed by atoms with Gasteiger partial charge in [-0.25, -0.2) is 0 Å².